The number of ether oxygens (including phenoxy) is 1. The summed E-state index contributed by atoms with van der Waals surface area (Å²) in [4.78, 5) is 38.7. The molecule has 0 bridgehead atoms. The first-order valence-electron chi connectivity index (χ1n) is 7.47. The number of benzene rings is 1. The SMILES string of the molecule is Cn1c(N)c(C(=O)CN2CCOc3ccccc32)c(=O)n(C)c1=O. The highest BCUT2D eigenvalue weighted by Gasteiger charge is 2.25. The zero-order valence-electron chi connectivity index (χ0n) is 13.5. The molecule has 8 heteroatoms. The fourth-order valence-corrected chi connectivity index (χ4v) is 2.77. The summed E-state index contributed by atoms with van der Waals surface area (Å²) in [5.41, 5.74) is 5.22. The summed E-state index contributed by atoms with van der Waals surface area (Å²) in [6.45, 7) is 0.956. The van der Waals surface area contributed by atoms with Gasteiger partial charge in [-0.05, 0) is 12.1 Å². The molecule has 0 atom stereocenters. The van der Waals surface area contributed by atoms with Crippen molar-refractivity contribution in [3.63, 3.8) is 0 Å². The second-order valence-corrected chi connectivity index (χ2v) is 5.63. The molecule has 0 radical (unpaired) electrons. The number of rotatable bonds is 3. The van der Waals surface area contributed by atoms with Crippen LogP contribution in [0.5, 0.6) is 5.75 Å². The fraction of sp³-hybridized carbons (Fsp3) is 0.312. The lowest BCUT2D eigenvalue weighted by Crippen LogP contribution is -2.44. The van der Waals surface area contributed by atoms with E-state index in [0.29, 0.717) is 18.9 Å². The molecule has 2 N–H and O–H groups in total. The van der Waals surface area contributed by atoms with Crippen LogP contribution in [0.1, 0.15) is 10.4 Å². The molecule has 1 aliphatic heterocycles. The number of nitrogens with zero attached hydrogens (tertiary/aromatic N) is 3. The summed E-state index contributed by atoms with van der Waals surface area (Å²) in [6.07, 6.45) is 0. The van der Waals surface area contributed by atoms with Crippen LogP contribution in [0.3, 0.4) is 0 Å². The predicted octanol–water partition coefficient (Wildman–Crippen LogP) is -0.252. The number of Topliss-reactive ketones (excluding diaryl/α,β-unsaturated/α-hetero) is 1. The van der Waals surface area contributed by atoms with E-state index in [4.69, 9.17) is 10.5 Å². The van der Waals surface area contributed by atoms with Crippen LogP contribution in [0.2, 0.25) is 0 Å². The van der Waals surface area contributed by atoms with Gasteiger partial charge in [-0.25, -0.2) is 4.79 Å². The highest BCUT2D eigenvalue weighted by molar-refractivity contribution is 6.02. The minimum absolute atomic E-state index is 0.0159. The molecule has 1 aromatic heterocycles. The first-order valence-corrected chi connectivity index (χ1v) is 7.47. The Labute approximate surface area is 137 Å². The van der Waals surface area contributed by atoms with Gasteiger partial charge in [0.15, 0.2) is 5.78 Å². The van der Waals surface area contributed by atoms with Gasteiger partial charge >= 0.3 is 5.69 Å². The molecule has 1 aromatic carbocycles. The smallest absolute Gasteiger partial charge is 0.332 e. The monoisotopic (exact) mass is 330 g/mol. The molecular formula is C16H18N4O4. The second kappa shape index (κ2) is 5.88. The molecule has 0 fully saturated rings. The summed E-state index contributed by atoms with van der Waals surface area (Å²) >= 11 is 0. The van der Waals surface area contributed by atoms with Crippen LogP contribution in [-0.2, 0) is 14.1 Å². The number of ketones is 1. The predicted molar refractivity (Wildman–Crippen MR) is 89.8 cm³/mol. The zero-order chi connectivity index (χ0) is 17.4. The third kappa shape index (κ3) is 2.45. The third-order valence-electron chi connectivity index (χ3n) is 4.15. The Kier molecular flexibility index (Phi) is 3.88. The summed E-state index contributed by atoms with van der Waals surface area (Å²) in [5, 5.41) is 0. The maximum absolute atomic E-state index is 12.7. The van der Waals surface area contributed by atoms with Gasteiger partial charge in [0.1, 0.15) is 23.7 Å². The van der Waals surface area contributed by atoms with Crippen molar-refractivity contribution in [2.75, 3.05) is 30.3 Å². The first-order chi connectivity index (χ1) is 11.4. The summed E-state index contributed by atoms with van der Waals surface area (Å²) in [5.74, 6) is 0.146. The molecule has 3 rings (SSSR count). The van der Waals surface area contributed by atoms with Crippen LogP contribution in [0.4, 0.5) is 11.5 Å². The number of nitrogens with two attached hydrogens (primary N) is 1. The highest BCUT2D eigenvalue weighted by atomic mass is 16.5. The quantitative estimate of drug-likeness (QED) is 0.779. The Morgan fingerprint density at radius 3 is 2.67 bits per heavy atom. The van der Waals surface area contributed by atoms with E-state index in [1.807, 2.05) is 29.2 Å². The molecule has 126 valence electrons. The van der Waals surface area contributed by atoms with Crippen LogP contribution < -0.4 is 26.6 Å². The summed E-state index contributed by atoms with van der Waals surface area (Å²) in [7, 11) is 2.75. The number of hydrogen-bond acceptors (Lipinski definition) is 6. The lowest BCUT2D eigenvalue weighted by Gasteiger charge is -2.30. The van der Waals surface area contributed by atoms with Crippen LogP contribution in [0.25, 0.3) is 0 Å². The molecule has 0 amide bonds. The number of nitrogen functional groups attached to an aromatic ring is 1. The average Bonchev–Trinajstić information content (AvgIpc) is 2.59. The van der Waals surface area contributed by atoms with E-state index < -0.39 is 17.0 Å². The van der Waals surface area contributed by atoms with Crippen LogP contribution in [0.15, 0.2) is 33.9 Å². The third-order valence-corrected chi connectivity index (χ3v) is 4.15. The fourth-order valence-electron chi connectivity index (χ4n) is 2.77. The Balaban J connectivity index is 1.98. The number of carbonyl (C=O) groups is 1. The van der Waals surface area contributed by atoms with Crippen molar-refractivity contribution in [1.29, 1.82) is 0 Å². The van der Waals surface area contributed by atoms with Crippen molar-refractivity contribution >= 4 is 17.3 Å². The number of carbonyl (C=O) groups excluding carboxylic acids is 1. The Morgan fingerprint density at radius 2 is 1.92 bits per heavy atom. The minimum atomic E-state index is -0.679. The molecule has 1 aliphatic rings. The van der Waals surface area contributed by atoms with Crippen LogP contribution in [0, 0.1) is 0 Å². The van der Waals surface area contributed by atoms with Crippen molar-refractivity contribution in [2.24, 2.45) is 14.1 Å². The average molecular weight is 330 g/mol. The lowest BCUT2D eigenvalue weighted by atomic mass is 10.1. The zero-order valence-corrected chi connectivity index (χ0v) is 13.5. The van der Waals surface area contributed by atoms with E-state index in [1.54, 1.807) is 0 Å². The molecular weight excluding hydrogens is 312 g/mol. The standard InChI is InChI=1S/C16H18N4O4/c1-18-14(17)13(15(22)19(2)16(18)23)11(21)9-20-7-8-24-12-6-4-3-5-10(12)20/h3-6H,7-9,17H2,1-2H3. The topological polar surface area (TPSA) is 99.6 Å². The largest absolute Gasteiger partial charge is 0.490 e. The molecule has 0 aliphatic carbocycles. The number of para-hydroxylation sites is 2. The van der Waals surface area contributed by atoms with Crippen molar-refractivity contribution in [1.82, 2.24) is 9.13 Å². The summed E-state index contributed by atoms with van der Waals surface area (Å²) < 4.78 is 7.54. The van der Waals surface area contributed by atoms with Crippen molar-refractivity contribution in [3.05, 3.63) is 50.7 Å². The van der Waals surface area contributed by atoms with E-state index >= 15 is 0 Å². The van der Waals surface area contributed by atoms with E-state index in [0.717, 1.165) is 14.8 Å². The van der Waals surface area contributed by atoms with E-state index in [9.17, 15) is 14.4 Å². The van der Waals surface area contributed by atoms with E-state index in [2.05, 4.69) is 0 Å². The maximum Gasteiger partial charge on any atom is 0.332 e. The summed E-state index contributed by atoms with van der Waals surface area (Å²) in [6, 6.07) is 7.38. The maximum atomic E-state index is 12.7. The van der Waals surface area contributed by atoms with Crippen LogP contribution >= 0.6 is 0 Å². The molecule has 2 heterocycles. The molecule has 0 spiro atoms. The lowest BCUT2D eigenvalue weighted by molar-refractivity contribution is 0.0995. The molecule has 8 nitrogen and oxygen atoms in total. The molecule has 0 saturated heterocycles. The van der Waals surface area contributed by atoms with Gasteiger partial charge in [0.05, 0.1) is 18.8 Å². The van der Waals surface area contributed by atoms with Gasteiger partial charge < -0.3 is 15.4 Å². The Bertz CT molecular complexity index is 929. The minimum Gasteiger partial charge on any atom is -0.490 e. The molecule has 24 heavy (non-hydrogen) atoms. The van der Waals surface area contributed by atoms with E-state index in [-0.39, 0.29) is 17.9 Å². The number of hydrogen-bond donors (Lipinski definition) is 1. The second-order valence-electron chi connectivity index (χ2n) is 5.63. The van der Waals surface area contributed by atoms with Crippen molar-refractivity contribution < 1.29 is 9.53 Å². The van der Waals surface area contributed by atoms with Crippen molar-refractivity contribution in [3.8, 4) is 5.75 Å². The highest BCUT2D eigenvalue weighted by Crippen LogP contribution is 2.30. The first kappa shape index (κ1) is 15.9. The van der Waals surface area contributed by atoms with Gasteiger partial charge in [-0.1, -0.05) is 12.1 Å². The molecule has 2 aromatic rings. The van der Waals surface area contributed by atoms with Gasteiger partial charge in [0, 0.05) is 14.1 Å². The number of fused-ring (bicyclic) bond motifs is 1. The van der Waals surface area contributed by atoms with Gasteiger partial charge in [-0.3, -0.25) is 18.7 Å². The van der Waals surface area contributed by atoms with Gasteiger partial charge in [0.25, 0.3) is 5.56 Å². The van der Waals surface area contributed by atoms with Gasteiger partial charge in [-0.2, -0.15) is 0 Å². The Morgan fingerprint density at radius 1 is 1.21 bits per heavy atom. The Hall–Kier alpha value is -3.03. The number of aromatic nitrogens is 2. The van der Waals surface area contributed by atoms with Gasteiger partial charge in [0.2, 0.25) is 0 Å². The molecule has 0 saturated carbocycles. The number of anilines is 2. The van der Waals surface area contributed by atoms with Crippen molar-refractivity contribution in [2.45, 2.75) is 0 Å². The normalized spacial score (nSPS) is 13.3. The van der Waals surface area contributed by atoms with Crippen LogP contribution in [-0.4, -0.2) is 34.6 Å². The van der Waals surface area contributed by atoms with Gasteiger partial charge in [-0.15, -0.1) is 0 Å². The van der Waals surface area contributed by atoms with E-state index in [1.165, 1.54) is 14.1 Å². The molecule has 0 unspecified atom stereocenters.